The number of nitrogens with one attached hydrogen (secondary N) is 1. The molecule has 4 nitrogen and oxygen atoms in total. The maximum Gasteiger partial charge on any atom is 0.220 e. The van der Waals surface area contributed by atoms with Gasteiger partial charge in [-0.25, -0.2) is 4.39 Å². The third-order valence-corrected chi connectivity index (χ3v) is 5.84. The molecule has 1 aromatic heterocycles. The summed E-state index contributed by atoms with van der Waals surface area (Å²) in [5.41, 5.74) is 2.88. The molecule has 0 saturated carbocycles. The Labute approximate surface area is 183 Å². The lowest BCUT2D eigenvalue weighted by atomic mass is 10.0. The van der Waals surface area contributed by atoms with Gasteiger partial charge in [0.1, 0.15) is 17.3 Å². The second-order valence-electron chi connectivity index (χ2n) is 8.13. The molecule has 2 heterocycles. The highest BCUT2D eigenvalue weighted by atomic mass is 19.1. The maximum absolute atomic E-state index is 13.9. The van der Waals surface area contributed by atoms with Crippen molar-refractivity contribution in [2.75, 3.05) is 13.1 Å². The fourth-order valence-corrected chi connectivity index (χ4v) is 4.08. The number of nitrogens with zero attached hydrogens (tertiary/aromatic N) is 1. The van der Waals surface area contributed by atoms with Gasteiger partial charge in [-0.3, -0.25) is 9.69 Å². The van der Waals surface area contributed by atoms with Crippen molar-refractivity contribution < 1.29 is 13.6 Å². The van der Waals surface area contributed by atoms with Crippen molar-refractivity contribution in [2.24, 2.45) is 0 Å². The Morgan fingerprint density at radius 1 is 0.935 bits per heavy atom. The lowest BCUT2D eigenvalue weighted by Crippen LogP contribution is -2.30. The molecule has 0 bridgehead atoms. The van der Waals surface area contributed by atoms with Crippen LogP contribution in [0.15, 0.2) is 65.1 Å². The second-order valence-corrected chi connectivity index (χ2v) is 8.13. The normalized spacial score (nSPS) is 14.5. The van der Waals surface area contributed by atoms with Crippen molar-refractivity contribution in [1.82, 2.24) is 10.2 Å². The number of carbonyl (C=O) groups excluding carboxylic acids is 1. The van der Waals surface area contributed by atoms with Crippen molar-refractivity contribution in [1.29, 1.82) is 0 Å². The van der Waals surface area contributed by atoms with Crippen LogP contribution in [0.2, 0.25) is 0 Å². The van der Waals surface area contributed by atoms with Crippen LogP contribution in [0.4, 0.5) is 4.39 Å². The van der Waals surface area contributed by atoms with Gasteiger partial charge in [0, 0.05) is 25.9 Å². The molecule has 1 N–H and O–H groups in total. The predicted molar refractivity (Wildman–Crippen MR) is 120 cm³/mol. The molecular weight excluding hydrogens is 391 g/mol. The van der Waals surface area contributed by atoms with E-state index in [4.69, 9.17) is 4.42 Å². The zero-order valence-corrected chi connectivity index (χ0v) is 17.8. The molecule has 1 aliphatic heterocycles. The van der Waals surface area contributed by atoms with Crippen LogP contribution in [0.3, 0.4) is 0 Å². The van der Waals surface area contributed by atoms with Crippen molar-refractivity contribution >= 4 is 5.91 Å². The number of piperidine rings is 1. The quantitative estimate of drug-likeness (QED) is 0.536. The van der Waals surface area contributed by atoms with E-state index in [-0.39, 0.29) is 11.7 Å². The number of furan rings is 1. The molecule has 0 spiro atoms. The monoisotopic (exact) mass is 420 g/mol. The van der Waals surface area contributed by atoms with E-state index in [1.165, 1.54) is 36.5 Å². The first-order valence-electron chi connectivity index (χ1n) is 11.1. The number of halogens is 1. The number of hydrogen-bond donors (Lipinski definition) is 1. The van der Waals surface area contributed by atoms with Crippen molar-refractivity contribution in [2.45, 2.75) is 45.2 Å². The lowest BCUT2D eigenvalue weighted by Gasteiger charge is -2.27. The number of aryl methyl sites for hydroxylation is 1. The van der Waals surface area contributed by atoms with Crippen LogP contribution >= 0.6 is 0 Å². The number of carbonyl (C=O) groups is 1. The summed E-state index contributed by atoms with van der Waals surface area (Å²) in [5, 5.41) is 3.04. The van der Waals surface area contributed by atoms with Crippen molar-refractivity contribution in [3.05, 3.63) is 83.4 Å². The van der Waals surface area contributed by atoms with Gasteiger partial charge in [-0.05, 0) is 61.3 Å². The molecule has 0 aliphatic carbocycles. The Hall–Kier alpha value is -2.92. The highest BCUT2D eigenvalue weighted by Crippen LogP contribution is 2.25. The van der Waals surface area contributed by atoms with E-state index < -0.39 is 0 Å². The van der Waals surface area contributed by atoms with Gasteiger partial charge in [0.05, 0.1) is 5.56 Å². The maximum atomic E-state index is 13.9. The minimum absolute atomic E-state index is 0.0170. The Morgan fingerprint density at radius 2 is 1.68 bits per heavy atom. The first-order chi connectivity index (χ1) is 15.2. The average molecular weight is 421 g/mol. The predicted octanol–water partition coefficient (Wildman–Crippen LogP) is 5.32. The van der Waals surface area contributed by atoms with Gasteiger partial charge in [-0.15, -0.1) is 0 Å². The summed E-state index contributed by atoms with van der Waals surface area (Å²) >= 11 is 0. The van der Waals surface area contributed by atoms with E-state index in [0.29, 0.717) is 36.5 Å². The Kier molecular flexibility index (Phi) is 7.15. The van der Waals surface area contributed by atoms with Gasteiger partial charge in [0.25, 0.3) is 0 Å². The molecular formula is C26H29FN2O2. The Morgan fingerprint density at radius 3 is 2.48 bits per heavy atom. The summed E-state index contributed by atoms with van der Waals surface area (Å²) in [6, 6.07) is 18.4. The van der Waals surface area contributed by atoms with Gasteiger partial charge in [0.15, 0.2) is 0 Å². The van der Waals surface area contributed by atoms with Gasteiger partial charge in [-0.2, -0.15) is 0 Å². The molecule has 0 radical (unpaired) electrons. The topological polar surface area (TPSA) is 45.5 Å². The molecule has 1 fully saturated rings. The molecule has 0 atom stereocenters. The summed E-state index contributed by atoms with van der Waals surface area (Å²) < 4.78 is 19.7. The number of likely N-dealkylation sites (tertiary alicyclic amines) is 1. The third kappa shape index (κ3) is 5.82. The van der Waals surface area contributed by atoms with Crippen LogP contribution in [-0.2, 0) is 24.3 Å². The highest BCUT2D eigenvalue weighted by Gasteiger charge is 2.14. The highest BCUT2D eigenvalue weighted by molar-refractivity contribution is 5.76. The largest absolute Gasteiger partial charge is 0.461 e. The van der Waals surface area contributed by atoms with Gasteiger partial charge >= 0.3 is 0 Å². The number of amides is 1. The number of rotatable bonds is 8. The third-order valence-electron chi connectivity index (χ3n) is 5.84. The zero-order valence-electron chi connectivity index (χ0n) is 17.8. The minimum Gasteiger partial charge on any atom is -0.461 e. The summed E-state index contributed by atoms with van der Waals surface area (Å²) in [6.07, 6.45) is 4.68. The molecule has 2 aromatic carbocycles. The standard InChI is InChI=1S/C26H29FN2O2/c27-24-11-5-4-10-23(24)25-14-12-22(31-25)13-15-26(30)28-18-20-8-2-3-9-21(20)19-29-16-6-1-7-17-29/h2-5,8-12,14H,1,6-7,13,15-19H2,(H,28,30). The fraction of sp³-hybridized carbons (Fsp3) is 0.346. The van der Waals surface area contributed by atoms with Crippen LogP contribution in [0, 0.1) is 5.82 Å². The van der Waals surface area contributed by atoms with Gasteiger partial charge in [-0.1, -0.05) is 42.8 Å². The van der Waals surface area contributed by atoms with Crippen LogP contribution in [0.1, 0.15) is 42.6 Å². The molecule has 1 saturated heterocycles. The van der Waals surface area contributed by atoms with E-state index in [2.05, 4.69) is 28.4 Å². The first kappa shape index (κ1) is 21.3. The molecule has 4 rings (SSSR count). The summed E-state index contributed by atoms with van der Waals surface area (Å²) in [4.78, 5) is 14.9. The van der Waals surface area contributed by atoms with E-state index in [1.54, 1.807) is 24.3 Å². The summed E-state index contributed by atoms with van der Waals surface area (Å²) in [7, 11) is 0. The number of hydrogen-bond acceptors (Lipinski definition) is 3. The molecule has 31 heavy (non-hydrogen) atoms. The van der Waals surface area contributed by atoms with E-state index in [1.807, 2.05) is 12.1 Å². The van der Waals surface area contributed by atoms with E-state index in [0.717, 1.165) is 19.6 Å². The SMILES string of the molecule is O=C(CCc1ccc(-c2ccccc2F)o1)NCc1ccccc1CN1CCCCC1. The summed E-state index contributed by atoms with van der Waals surface area (Å²) in [5.74, 6) is 0.833. The molecule has 1 amide bonds. The van der Waals surface area contributed by atoms with E-state index >= 15 is 0 Å². The minimum atomic E-state index is -0.315. The molecule has 3 aromatic rings. The second kappa shape index (κ2) is 10.4. The Bertz CT molecular complexity index is 1010. The van der Waals surface area contributed by atoms with E-state index in [9.17, 15) is 9.18 Å². The van der Waals surface area contributed by atoms with Gasteiger partial charge < -0.3 is 9.73 Å². The zero-order chi connectivity index (χ0) is 21.5. The van der Waals surface area contributed by atoms with Crippen molar-refractivity contribution in [3.8, 4) is 11.3 Å². The smallest absolute Gasteiger partial charge is 0.220 e. The molecule has 1 aliphatic rings. The Balaban J connectivity index is 1.28. The van der Waals surface area contributed by atoms with Crippen LogP contribution in [0.25, 0.3) is 11.3 Å². The average Bonchev–Trinajstić information content (AvgIpc) is 3.27. The first-order valence-corrected chi connectivity index (χ1v) is 11.1. The van der Waals surface area contributed by atoms with Crippen LogP contribution < -0.4 is 5.32 Å². The van der Waals surface area contributed by atoms with Crippen LogP contribution in [0.5, 0.6) is 0 Å². The van der Waals surface area contributed by atoms with Crippen LogP contribution in [-0.4, -0.2) is 23.9 Å². The molecule has 0 unspecified atom stereocenters. The fourth-order valence-electron chi connectivity index (χ4n) is 4.08. The van der Waals surface area contributed by atoms with Gasteiger partial charge in [0.2, 0.25) is 5.91 Å². The molecule has 162 valence electrons. The lowest BCUT2D eigenvalue weighted by molar-refractivity contribution is -0.121. The summed E-state index contributed by atoms with van der Waals surface area (Å²) in [6.45, 7) is 3.77. The number of benzene rings is 2. The van der Waals surface area contributed by atoms with Crippen molar-refractivity contribution in [3.63, 3.8) is 0 Å². The molecule has 5 heteroatoms.